The first-order valence-corrected chi connectivity index (χ1v) is 9.26. The molecule has 1 atom stereocenters. The van der Waals surface area contributed by atoms with Gasteiger partial charge >= 0.3 is 0 Å². The Balaban J connectivity index is 1.44. The lowest BCUT2D eigenvalue weighted by Crippen LogP contribution is -2.43. The molecule has 0 radical (unpaired) electrons. The van der Waals surface area contributed by atoms with Crippen LogP contribution in [0, 0.1) is 0 Å². The van der Waals surface area contributed by atoms with Gasteiger partial charge in [0.2, 0.25) is 11.8 Å². The maximum atomic E-state index is 12.6. The van der Waals surface area contributed by atoms with Crippen LogP contribution >= 0.6 is 0 Å². The molecule has 0 aromatic carbocycles. The molecule has 1 aromatic heterocycles. The highest BCUT2D eigenvalue weighted by atomic mass is 16.2. The van der Waals surface area contributed by atoms with E-state index in [1.165, 1.54) is 0 Å². The van der Waals surface area contributed by atoms with Gasteiger partial charge in [-0.3, -0.25) is 14.4 Å². The number of amides is 3. The van der Waals surface area contributed by atoms with Crippen LogP contribution in [0.25, 0.3) is 0 Å². The van der Waals surface area contributed by atoms with Crippen LogP contribution < -0.4 is 5.43 Å². The Morgan fingerprint density at radius 2 is 2.04 bits per heavy atom. The Morgan fingerprint density at radius 1 is 1.19 bits per heavy atom. The molecule has 0 saturated carbocycles. The Labute approximate surface area is 156 Å². The van der Waals surface area contributed by atoms with E-state index < -0.39 is 0 Å². The normalized spacial score (nSPS) is 22.2. The molecule has 0 aliphatic carbocycles. The standard InChI is InChI=1S/C18H22N6O3/c1-11(25)23-6-4-12(9-23)17-19-8-13-10-24(7-5-14(13)20-17)18(27)15-2-3-16(26)22-21-15/h8,12H,2-7,9-10H2,1H3,(H,22,26). The van der Waals surface area contributed by atoms with Gasteiger partial charge in [0, 0.05) is 70.0 Å². The molecule has 3 aliphatic heterocycles. The molecule has 1 saturated heterocycles. The maximum Gasteiger partial charge on any atom is 0.270 e. The minimum atomic E-state index is -0.160. The van der Waals surface area contributed by atoms with Gasteiger partial charge in [-0.15, -0.1) is 0 Å². The van der Waals surface area contributed by atoms with Crippen molar-refractivity contribution in [3.63, 3.8) is 0 Å². The number of rotatable bonds is 2. The van der Waals surface area contributed by atoms with Crippen molar-refractivity contribution >= 4 is 23.4 Å². The summed E-state index contributed by atoms with van der Waals surface area (Å²) in [5.41, 5.74) is 4.69. The van der Waals surface area contributed by atoms with Gasteiger partial charge in [0.15, 0.2) is 0 Å². The van der Waals surface area contributed by atoms with Crippen LogP contribution in [-0.4, -0.2) is 62.8 Å². The largest absolute Gasteiger partial charge is 0.342 e. The molecular weight excluding hydrogens is 348 g/mol. The van der Waals surface area contributed by atoms with E-state index in [-0.39, 0.29) is 23.6 Å². The van der Waals surface area contributed by atoms with E-state index in [4.69, 9.17) is 4.98 Å². The Hall–Kier alpha value is -2.84. The Morgan fingerprint density at radius 3 is 2.74 bits per heavy atom. The van der Waals surface area contributed by atoms with Gasteiger partial charge in [-0.1, -0.05) is 0 Å². The molecule has 9 heteroatoms. The summed E-state index contributed by atoms with van der Waals surface area (Å²) in [5.74, 6) is 0.756. The Bertz CT molecular complexity index is 836. The van der Waals surface area contributed by atoms with Gasteiger partial charge in [-0.2, -0.15) is 5.10 Å². The number of fused-ring (bicyclic) bond motifs is 1. The van der Waals surface area contributed by atoms with Crippen LogP contribution in [0.4, 0.5) is 0 Å². The van der Waals surface area contributed by atoms with Gasteiger partial charge in [-0.05, 0) is 6.42 Å². The lowest BCUT2D eigenvalue weighted by molar-refractivity contribution is -0.128. The predicted molar refractivity (Wildman–Crippen MR) is 95.6 cm³/mol. The molecule has 0 spiro atoms. The molecule has 1 N–H and O–H groups in total. The number of carbonyl (C=O) groups excluding carboxylic acids is 3. The molecule has 1 fully saturated rings. The van der Waals surface area contributed by atoms with E-state index in [9.17, 15) is 14.4 Å². The first-order valence-electron chi connectivity index (χ1n) is 9.26. The van der Waals surface area contributed by atoms with Crippen LogP contribution in [0.2, 0.25) is 0 Å². The highest BCUT2D eigenvalue weighted by molar-refractivity contribution is 6.39. The Kier molecular flexibility index (Phi) is 4.59. The summed E-state index contributed by atoms with van der Waals surface area (Å²) >= 11 is 0. The first-order chi connectivity index (χ1) is 13.0. The molecular formula is C18H22N6O3. The van der Waals surface area contributed by atoms with Crippen LogP contribution in [0.1, 0.15) is 49.2 Å². The first kappa shape index (κ1) is 17.6. The number of carbonyl (C=O) groups is 3. The molecule has 27 heavy (non-hydrogen) atoms. The third kappa shape index (κ3) is 3.54. The summed E-state index contributed by atoms with van der Waals surface area (Å²) < 4.78 is 0. The van der Waals surface area contributed by atoms with Gasteiger partial charge in [0.05, 0.1) is 5.69 Å². The predicted octanol–water partition coefficient (Wildman–Crippen LogP) is -0.0369. The maximum absolute atomic E-state index is 12.6. The van der Waals surface area contributed by atoms with E-state index in [0.717, 1.165) is 30.0 Å². The van der Waals surface area contributed by atoms with Crippen molar-refractivity contribution in [2.75, 3.05) is 19.6 Å². The van der Waals surface area contributed by atoms with E-state index in [0.29, 0.717) is 44.6 Å². The number of hydrogen-bond acceptors (Lipinski definition) is 6. The molecule has 142 valence electrons. The second-order valence-corrected chi connectivity index (χ2v) is 7.22. The fourth-order valence-corrected chi connectivity index (χ4v) is 3.77. The average Bonchev–Trinajstić information content (AvgIpc) is 3.18. The minimum Gasteiger partial charge on any atom is -0.342 e. The van der Waals surface area contributed by atoms with E-state index in [2.05, 4.69) is 15.5 Å². The topological polar surface area (TPSA) is 108 Å². The monoisotopic (exact) mass is 370 g/mol. The van der Waals surface area contributed by atoms with Crippen molar-refractivity contribution in [2.45, 2.75) is 45.1 Å². The lowest BCUT2D eigenvalue weighted by atomic mass is 10.0. The van der Waals surface area contributed by atoms with Gasteiger partial charge in [0.25, 0.3) is 5.91 Å². The molecule has 1 aromatic rings. The highest BCUT2D eigenvalue weighted by Crippen LogP contribution is 2.26. The van der Waals surface area contributed by atoms with Gasteiger partial charge in [0.1, 0.15) is 11.5 Å². The molecule has 4 rings (SSSR count). The van der Waals surface area contributed by atoms with Crippen molar-refractivity contribution in [1.29, 1.82) is 0 Å². The van der Waals surface area contributed by atoms with Gasteiger partial charge in [-0.25, -0.2) is 15.4 Å². The summed E-state index contributed by atoms with van der Waals surface area (Å²) in [6, 6.07) is 0. The number of likely N-dealkylation sites (tertiary alicyclic amines) is 1. The fraction of sp³-hybridized carbons (Fsp3) is 0.556. The molecule has 1 unspecified atom stereocenters. The second kappa shape index (κ2) is 7.05. The third-order valence-corrected chi connectivity index (χ3v) is 5.39. The van der Waals surface area contributed by atoms with E-state index >= 15 is 0 Å². The number of hydrazone groups is 1. The summed E-state index contributed by atoms with van der Waals surface area (Å²) in [7, 11) is 0. The summed E-state index contributed by atoms with van der Waals surface area (Å²) in [6.45, 7) is 4.03. The summed E-state index contributed by atoms with van der Waals surface area (Å²) in [4.78, 5) is 48.1. The highest BCUT2D eigenvalue weighted by Gasteiger charge is 2.30. The number of nitrogens with zero attached hydrogens (tertiary/aromatic N) is 5. The molecule has 9 nitrogen and oxygen atoms in total. The van der Waals surface area contributed by atoms with Crippen LogP contribution in [0.5, 0.6) is 0 Å². The molecule has 3 aliphatic rings. The van der Waals surface area contributed by atoms with E-state index in [1.54, 1.807) is 18.0 Å². The third-order valence-electron chi connectivity index (χ3n) is 5.39. The summed E-state index contributed by atoms with van der Waals surface area (Å²) in [5, 5.41) is 3.89. The molecule has 4 heterocycles. The lowest BCUT2D eigenvalue weighted by Gasteiger charge is -2.29. The fourth-order valence-electron chi connectivity index (χ4n) is 3.77. The zero-order chi connectivity index (χ0) is 19.0. The SMILES string of the molecule is CC(=O)N1CCC(c2ncc3c(n2)CCN(C(=O)C2=NNC(=O)CC2)C3)C1. The van der Waals surface area contributed by atoms with Crippen molar-refractivity contribution < 1.29 is 14.4 Å². The van der Waals surface area contributed by atoms with Gasteiger partial charge < -0.3 is 9.80 Å². The zero-order valence-electron chi connectivity index (χ0n) is 15.3. The zero-order valence-corrected chi connectivity index (χ0v) is 15.3. The van der Waals surface area contributed by atoms with Crippen molar-refractivity contribution in [2.24, 2.45) is 5.10 Å². The van der Waals surface area contributed by atoms with Crippen LogP contribution in [0.3, 0.4) is 0 Å². The number of hydrogen-bond donors (Lipinski definition) is 1. The summed E-state index contributed by atoms with van der Waals surface area (Å²) in [6.07, 6.45) is 4.02. The van der Waals surface area contributed by atoms with Crippen LogP contribution in [-0.2, 0) is 27.3 Å². The van der Waals surface area contributed by atoms with Crippen molar-refractivity contribution in [3.05, 3.63) is 23.3 Å². The number of nitrogens with one attached hydrogen (secondary N) is 1. The molecule has 3 amide bonds. The minimum absolute atomic E-state index is 0.0893. The van der Waals surface area contributed by atoms with E-state index in [1.807, 2.05) is 4.90 Å². The van der Waals surface area contributed by atoms with Crippen molar-refractivity contribution in [1.82, 2.24) is 25.2 Å². The second-order valence-electron chi connectivity index (χ2n) is 7.22. The van der Waals surface area contributed by atoms with Crippen LogP contribution in [0.15, 0.2) is 11.3 Å². The number of aromatic nitrogens is 2. The quantitative estimate of drug-likeness (QED) is 0.786. The average molecular weight is 370 g/mol. The smallest absolute Gasteiger partial charge is 0.270 e. The molecule has 0 bridgehead atoms. The van der Waals surface area contributed by atoms with Crippen molar-refractivity contribution in [3.8, 4) is 0 Å².